The minimum atomic E-state index is -0.925. The molecule has 0 aliphatic carbocycles. The lowest BCUT2D eigenvalue weighted by molar-refractivity contribution is 0.0177. The molecule has 0 saturated carbocycles. The third kappa shape index (κ3) is 1.83. The summed E-state index contributed by atoms with van der Waals surface area (Å²) in [5.74, 6) is 0. The molecule has 3 heterocycles. The summed E-state index contributed by atoms with van der Waals surface area (Å²) in [6, 6.07) is 0.296. The van der Waals surface area contributed by atoms with Crippen LogP contribution in [0.2, 0.25) is 0 Å². The zero-order valence-electron chi connectivity index (χ0n) is 10.2. The molecule has 2 aliphatic heterocycles. The zero-order valence-corrected chi connectivity index (χ0v) is 11.0. The van der Waals surface area contributed by atoms with Gasteiger partial charge in [-0.1, -0.05) is 0 Å². The fourth-order valence-electron chi connectivity index (χ4n) is 2.98. The highest BCUT2D eigenvalue weighted by Gasteiger charge is 2.48. The van der Waals surface area contributed by atoms with Crippen molar-refractivity contribution >= 4 is 10.8 Å². The van der Waals surface area contributed by atoms with Gasteiger partial charge in [-0.2, -0.15) is 0 Å². The Labute approximate surface area is 108 Å². The first-order valence-electron chi connectivity index (χ1n) is 6.11. The average Bonchev–Trinajstić information content (AvgIpc) is 2.63. The summed E-state index contributed by atoms with van der Waals surface area (Å²) in [4.78, 5) is 8.08. The topological polar surface area (TPSA) is 72.3 Å². The Morgan fingerprint density at radius 3 is 2.39 bits per heavy atom. The Morgan fingerprint density at radius 1 is 1.33 bits per heavy atom. The van der Waals surface area contributed by atoms with Crippen molar-refractivity contribution in [2.24, 2.45) is 0 Å². The van der Waals surface area contributed by atoms with Crippen molar-refractivity contribution in [2.75, 3.05) is 7.11 Å². The number of fused-ring (bicyclic) bond motifs is 2. The molecule has 3 rings (SSSR count). The molecule has 2 fully saturated rings. The van der Waals surface area contributed by atoms with Crippen LogP contribution in [-0.2, 0) is 16.4 Å². The van der Waals surface area contributed by atoms with Crippen LogP contribution in [0.3, 0.4) is 0 Å². The maximum atomic E-state index is 12.0. The number of methoxy groups -OCH3 is 1. The van der Waals surface area contributed by atoms with Gasteiger partial charge in [-0.05, 0) is 25.7 Å². The SMILES string of the molecule is COc1ncc(C2(O)CC3CCC(C2)S3=O)cn1. The van der Waals surface area contributed by atoms with E-state index in [9.17, 15) is 9.32 Å². The van der Waals surface area contributed by atoms with E-state index >= 15 is 0 Å². The number of hydrogen-bond donors (Lipinski definition) is 1. The Bertz CT molecular complexity index is 461. The van der Waals surface area contributed by atoms with Crippen molar-refractivity contribution in [3.05, 3.63) is 18.0 Å². The lowest BCUT2D eigenvalue weighted by atomic mass is 9.88. The normalized spacial score (nSPS) is 38.7. The highest BCUT2D eigenvalue weighted by Crippen LogP contribution is 2.45. The van der Waals surface area contributed by atoms with Crippen LogP contribution in [0.1, 0.15) is 31.2 Å². The molecule has 0 radical (unpaired) electrons. The van der Waals surface area contributed by atoms with Crippen LogP contribution in [0.5, 0.6) is 6.01 Å². The third-order valence-electron chi connectivity index (χ3n) is 3.95. The van der Waals surface area contributed by atoms with E-state index in [4.69, 9.17) is 4.74 Å². The van der Waals surface area contributed by atoms with Gasteiger partial charge in [0.05, 0.1) is 12.7 Å². The molecule has 18 heavy (non-hydrogen) atoms. The first-order valence-corrected chi connectivity index (χ1v) is 7.38. The molecule has 0 spiro atoms. The number of aromatic nitrogens is 2. The predicted octanol–water partition coefficient (Wildman–Crippen LogP) is 0.746. The van der Waals surface area contributed by atoms with E-state index in [0.717, 1.165) is 12.8 Å². The lowest BCUT2D eigenvalue weighted by Crippen LogP contribution is -2.40. The van der Waals surface area contributed by atoms with E-state index in [0.29, 0.717) is 24.4 Å². The molecule has 2 aliphatic rings. The summed E-state index contributed by atoms with van der Waals surface area (Å²) in [5.41, 5.74) is -0.219. The summed E-state index contributed by atoms with van der Waals surface area (Å²) in [6.07, 6.45) is 6.23. The van der Waals surface area contributed by atoms with Crippen LogP contribution in [0.15, 0.2) is 12.4 Å². The maximum absolute atomic E-state index is 12.0. The number of nitrogens with zero attached hydrogens (tertiary/aromatic N) is 2. The Hall–Kier alpha value is -1.01. The van der Waals surface area contributed by atoms with Crippen LogP contribution in [0.25, 0.3) is 0 Å². The second kappa shape index (κ2) is 4.28. The molecular weight excluding hydrogens is 252 g/mol. The molecule has 0 amide bonds. The largest absolute Gasteiger partial charge is 0.467 e. The molecule has 1 N–H and O–H groups in total. The number of aliphatic hydroxyl groups is 1. The van der Waals surface area contributed by atoms with Crippen LogP contribution < -0.4 is 4.74 Å². The van der Waals surface area contributed by atoms with Gasteiger partial charge in [-0.15, -0.1) is 0 Å². The van der Waals surface area contributed by atoms with Gasteiger partial charge in [0.1, 0.15) is 0 Å². The fourth-order valence-corrected chi connectivity index (χ4v) is 5.14. The summed E-state index contributed by atoms with van der Waals surface area (Å²) in [7, 11) is 0.737. The minimum Gasteiger partial charge on any atom is -0.467 e. The van der Waals surface area contributed by atoms with Gasteiger partial charge in [0.15, 0.2) is 0 Å². The van der Waals surface area contributed by atoms with Gasteiger partial charge in [0.2, 0.25) is 0 Å². The standard InChI is InChI=1S/C12H16N2O3S/c1-17-11-13-6-8(7-14-11)12(15)4-9-2-3-10(5-12)18(9)16/h6-7,9-10,15H,2-5H2,1H3. The molecule has 5 nitrogen and oxygen atoms in total. The molecule has 0 aromatic carbocycles. The van der Waals surface area contributed by atoms with Crippen molar-refractivity contribution < 1.29 is 14.1 Å². The molecule has 2 unspecified atom stereocenters. The molecule has 98 valence electrons. The zero-order chi connectivity index (χ0) is 12.8. The Balaban J connectivity index is 1.88. The quantitative estimate of drug-likeness (QED) is 0.856. The molecule has 1 aromatic heterocycles. The van der Waals surface area contributed by atoms with E-state index in [1.807, 2.05) is 0 Å². The van der Waals surface area contributed by atoms with Gasteiger partial charge >= 0.3 is 6.01 Å². The molecule has 2 atom stereocenters. The molecule has 2 saturated heterocycles. The van der Waals surface area contributed by atoms with E-state index < -0.39 is 16.4 Å². The molecular formula is C12H16N2O3S. The van der Waals surface area contributed by atoms with Gasteiger partial charge < -0.3 is 9.84 Å². The van der Waals surface area contributed by atoms with Gasteiger partial charge in [-0.3, -0.25) is 4.21 Å². The first-order chi connectivity index (χ1) is 8.62. The van der Waals surface area contributed by atoms with Gasteiger partial charge in [0.25, 0.3) is 0 Å². The van der Waals surface area contributed by atoms with E-state index in [2.05, 4.69) is 9.97 Å². The highest BCUT2D eigenvalue weighted by molar-refractivity contribution is 7.86. The van der Waals surface area contributed by atoms with E-state index in [1.165, 1.54) is 7.11 Å². The predicted molar refractivity (Wildman–Crippen MR) is 66.7 cm³/mol. The van der Waals surface area contributed by atoms with Gasteiger partial charge in [-0.25, -0.2) is 9.97 Å². The number of rotatable bonds is 2. The van der Waals surface area contributed by atoms with Crippen LogP contribution in [0, 0.1) is 0 Å². The molecule has 1 aromatic rings. The van der Waals surface area contributed by atoms with Crippen molar-refractivity contribution in [3.63, 3.8) is 0 Å². The summed E-state index contributed by atoms with van der Waals surface area (Å²) >= 11 is 0. The number of ether oxygens (including phenoxy) is 1. The van der Waals surface area contributed by atoms with Crippen molar-refractivity contribution in [3.8, 4) is 6.01 Å². The van der Waals surface area contributed by atoms with Crippen LogP contribution in [-0.4, -0.2) is 36.9 Å². The lowest BCUT2D eigenvalue weighted by Gasteiger charge is -2.35. The minimum absolute atomic E-state index is 0.121. The fraction of sp³-hybridized carbons (Fsp3) is 0.667. The Morgan fingerprint density at radius 2 is 1.89 bits per heavy atom. The Kier molecular flexibility index (Phi) is 2.86. The summed E-state index contributed by atoms with van der Waals surface area (Å²) < 4.78 is 16.9. The van der Waals surface area contributed by atoms with E-state index in [1.54, 1.807) is 12.4 Å². The molecule has 2 bridgehead atoms. The monoisotopic (exact) mass is 268 g/mol. The maximum Gasteiger partial charge on any atom is 0.316 e. The van der Waals surface area contributed by atoms with Crippen LogP contribution >= 0.6 is 0 Å². The van der Waals surface area contributed by atoms with Crippen molar-refractivity contribution in [1.82, 2.24) is 9.97 Å². The average molecular weight is 268 g/mol. The summed E-state index contributed by atoms with van der Waals surface area (Å²) in [5, 5.41) is 11.0. The van der Waals surface area contributed by atoms with Gasteiger partial charge in [0, 0.05) is 39.3 Å². The van der Waals surface area contributed by atoms with E-state index in [-0.39, 0.29) is 10.5 Å². The summed E-state index contributed by atoms with van der Waals surface area (Å²) in [6.45, 7) is 0. The number of hydrogen-bond acceptors (Lipinski definition) is 5. The van der Waals surface area contributed by atoms with Crippen LogP contribution in [0.4, 0.5) is 0 Å². The van der Waals surface area contributed by atoms with Crippen molar-refractivity contribution in [2.45, 2.75) is 41.8 Å². The van der Waals surface area contributed by atoms with Crippen molar-refractivity contribution in [1.29, 1.82) is 0 Å². The molecule has 6 heteroatoms. The second-order valence-corrected chi connectivity index (χ2v) is 7.04. The second-order valence-electron chi connectivity index (χ2n) is 5.05. The third-order valence-corrected chi connectivity index (χ3v) is 6.07. The first kappa shape index (κ1) is 12.0. The highest BCUT2D eigenvalue weighted by atomic mass is 32.2. The smallest absolute Gasteiger partial charge is 0.316 e.